The second-order valence-corrected chi connectivity index (χ2v) is 18.8. The van der Waals surface area contributed by atoms with E-state index in [4.69, 9.17) is 24.2 Å². The zero-order chi connectivity index (χ0) is 45.3. The summed E-state index contributed by atoms with van der Waals surface area (Å²) in [6, 6.07) is 26.4. The van der Waals surface area contributed by atoms with Crippen molar-refractivity contribution in [1.82, 2.24) is 9.29 Å². The monoisotopic (exact) mass is 892 g/mol. The van der Waals surface area contributed by atoms with Crippen LogP contribution in [0.1, 0.15) is 80.3 Å². The number of anilines is 1. The summed E-state index contributed by atoms with van der Waals surface area (Å²) in [5.41, 5.74) is 5.42. The average molecular weight is 893 g/mol. The van der Waals surface area contributed by atoms with Gasteiger partial charge in [0.2, 0.25) is 21.7 Å². The number of carbonyl (C=O) groups excluding carboxylic acids is 1. The third kappa shape index (κ3) is 10.3. The number of carbonyl (C=O) groups is 1. The number of oxime groups is 1. The molecule has 0 radical (unpaired) electrons. The minimum atomic E-state index is -4.24. The molecule has 64 heavy (non-hydrogen) atoms. The molecule has 3 aromatic carbocycles. The molecule has 2 heterocycles. The summed E-state index contributed by atoms with van der Waals surface area (Å²) in [4.78, 5) is 22.6. The van der Waals surface area contributed by atoms with Gasteiger partial charge in [-0.05, 0) is 110 Å². The van der Waals surface area contributed by atoms with E-state index in [1.54, 1.807) is 25.3 Å². The van der Waals surface area contributed by atoms with E-state index >= 15 is 0 Å². The predicted octanol–water partition coefficient (Wildman–Crippen LogP) is 8.08. The van der Waals surface area contributed by atoms with Crippen molar-refractivity contribution in [1.29, 1.82) is 0 Å². The number of nitrogens with zero attached hydrogens (tertiary/aromatic N) is 3. The van der Waals surface area contributed by atoms with Crippen LogP contribution in [-0.4, -0.2) is 78.2 Å². The first-order valence-corrected chi connectivity index (χ1v) is 23.6. The normalized spacial score (nSPS) is 23.1. The second-order valence-electron chi connectivity index (χ2n) is 16.8. The lowest BCUT2D eigenvalue weighted by Crippen LogP contribution is -2.69. The molecule has 0 saturated heterocycles. The Bertz CT molecular complexity index is 2410. The highest BCUT2D eigenvalue weighted by molar-refractivity contribution is 7.89. The van der Waals surface area contributed by atoms with Crippen molar-refractivity contribution < 1.29 is 42.5 Å². The van der Waals surface area contributed by atoms with E-state index in [-0.39, 0.29) is 68.0 Å². The van der Waals surface area contributed by atoms with E-state index in [0.29, 0.717) is 35.7 Å². The van der Waals surface area contributed by atoms with Gasteiger partial charge in [0.15, 0.2) is 0 Å². The zero-order valence-electron chi connectivity index (χ0n) is 36.9. The molecule has 1 aliphatic heterocycles. The van der Waals surface area contributed by atoms with E-state index in [1.807, 2.05) is 73.7 Å². The number of allylic oxidation sites excluding steroid dienone is 1. The van der Waals surface area contributed by atoms with E-state index in [0.717, 1.165) is 53.8 Å². The van der Waals surface area contributed by atoms with Gasteiger partial charge in [-0.15, -0.1) is 6.58 Å². The van der Waals surface area contributed by atoms with Crippen LogP contribution in [0.2, 0.25) is 0 Å². The SMILES string of the molecule is C=CCOC12Oc3ccc(OCc4cccc(C)n4)cc3C3C(CCCCO)C(CCCCO)C=C(C(=NOCc4ccccc4)CC1N(C)S(=O)(=O)c1ccc(NC(C)=O)cc1)C32. The van der Waals surface area contributed by atoms with Crippen LogP contribution < -0.4 is 14.8 Å². The number of aryl methyl sites for hydroxylation is 1. The van der Waals surface area contributed by atoms with Crippen molar-refractivity contribution in [2.24, 2.45) is 22.9 Å². The Morgan fingerprint density at radius 1 is 0.984 bits per heavy atom. The molecule has 6 atom stereocenters. The smallest absolute Gasteiger partial charge is 0.243 e. The number of fused-ring (bicyclic) bond motifs is 2. The molecule has 2 aliphatic carbocycles. The number of pyridine rings is 1. The van der Waals surface area contributed by atoms with Gasteiger partial charge in [0.05, 0.1) is 34.9 Å². The molecular formula is C50H60N4O9S. The number of benzene rings is 3. The molecule has 340 valence electrons. The molecule has 0 spiro atoms. The van der Waals surface area contributed by atoms with Gasteiger partial charge in [0.25, 0.3) is 0 Å². The largest absolute Gasteiger partial charge is 0.487 e. The number of nitrogens with one attached hydrogen (secondary N) is 1. The number of rotatable bonds is 21. The number of aromatic nitrogens is 1. The van der Waals surface area contributed by atoms with Crippen LogP contribution in [0.3, 0.4) is 0 Å². The second kappa shape index (κ2) is 21.1. The van der Waals surface area contributed by atoms with Crippen molar-refractivity contribution in [2.45, 2.75) is 94.6 Å². The standard InChI is InChI=1S/C50H60N4O9S/c1-5-28-61-50-47(54(4)64(58,59)41-23-20-38(21-24-41)52-35(3)57)31-45(53-62-32-36-15-7-6-8-16-36)43-29-37(17-9-11-26-55)42(19-10-12-27-56)48(49(43)50)44-30-40(22-25-46(44)63-50)60-33-39-18-13-14-34(2)51-39/h5-8,13-16,18,20-25,29-30,37,42,47-49,55-56H,1,9-12,17,19,26-28,31-33H2,2-4H3,(H,52,57). The Balaban J connectivity index is 1.41. The third-order valence-electron chi connectivity index (χ3n) is 12.5. The number of unbranched alkanes of at least 4 members (excludes halogenated alkanes) is 2. The number of aliphatic hydroxyl groups is 2. The van der Waals surface area contributed by atoms with E-state index in [1.165, 1.54) is 23.4 Å². The summed E-state index contributed by atoms with van der Waals surface area (Å²) in [6.45, 7) is 7.96. The summed E-state index contributed by atoms with van der Waals surface area (Å²) < 4.78 is 51.8. The van der Waals surface area contributed by atoms with Crippen molar-refractivity contribution in [3.8, 4) is 11.5 Å². The number of ether oxygens (including phenoxy) is 3. The lowest BCUT2D eigenvalue weighted by Gasteiger charge is -2.59. The quantitative estimate of drug-likeness (QED) is 0.0423. The predicted molar refractivity (Wildman–Crippen MR) is 245 cm³/mol. The average Bonchev–Trinajstić information content (AvgIpc) is 3.29. The number of aliphatic hydroxyl groups excluding tert-OH is 2. The van der Waals surface area contributed by atoms with Gasteiger partial charge in [0.1, 0.15) is 24.7 Å². The Hall–Kier alpha value is -5.38. The topological polar surface area (TPSA) is 169 Å². The molecule has 13 nitrogen and oxygen atoms in total. The molecule has 3 N–H and O–H groups in total. The number of hydrogen-bond donors (Lipinski definition) is 3. The molecule has 14 heteroatoms. The zero-order valence-corrected chi connectivity index (χ0v) is 37.7. The number of hydrogen-bond acceptors (Lipinski definition) is 11. The van der Waals surface area contributed by atoms with Crippen LogP contribution in [0, 0.1) is 24.7 Å². The van der Waals surface area contributed by atoms with E-state index < -0.39 is 27.8 Å². The minimum Gasteiger partial charge on any atom is -0.487 e. The summed E-state index contributed by atoms with van der Waals surface area (Å²) in [5.74, 6) is -1.59. The van der Waals surface area contributed by atoms with E-state index in [9.17, 15) is 23.4 Å². The Kier molecular flexibility index (Phi) is 15.3. The highest BCUT2D eigenvalue weighted by Crippen LogP contribution is 2.62. The van der Waals surface area contributed by atoms with Crippen LogP contribution in [-0.2, 0) is 37.6 Å². The number of likely N-dealkylation sites (N-methyl/N-ethyl adjacent to an activating group) is 1. The lowest BCUT2D eigenvalue weighted by molar-refractivity contribution is -0.250. The molecule has 1 saturated carbocycles. The van der Waals surface area contributed by atoms with Crippen LogP contribution in [0.5, 0.6) is 11.5 Å². The van der Waals surface area contributed by atoms with Crippen LogP contribution >= 0.6 is 0 Å². The maximum Gasteiger partial charge on any atom is 0.243 e. The summed E-state index contributed by atoms with van der Waals surface area (Å²) in [7, 11) is -2.70. The summed E-state index contributed by atoms with van der Waals surface area (Å²) in [5, 5.41) is 27.4. The van der Waals surface area contributed by atoms with Crippen molar-refractivity contribution in [3.63, 3.8) is 0 Å². The van der Waals surface area contributed by atoms with Crippen LogP contribution in [0.4, 0.5) is 5.69 Å². The first-order valence-electron chi connectivity index (χ1n) is 22.1. The summed E-state index contributed by atoms with van der Waals surface area (Å²) >= 11 is 0. The first kappa shape index (κ1) is 46.6. The molecule has 7 rings (SSSR count). The van der Waals surface area contributed by atoms with Gasteiger partial charge in [0, 0.05) is 56.5 Å². The highest BCUT2D eigenvalue weighted by atomic mass is 32.2. The van der Waals surface area contributed by atoms with Crippen molar-refractivity contribution in [2.75, 3.05) is 32.2 Å². The lowest BCUT2D eigenvalue weighted by atomic mass is 9.55. The molecule has 1 aromatic heterocycles. The fourth-order valence-electron chi connectivity index (χ4n) is 9.64. The van der Waals surface area contributed by atoms with Gasteiger partial charge in [-0.25, -0.2) is 8.42 Å². The molecule has 3 aliphatic rings. The highest BCUT2D eigenvalue weighted by Gasteiger charge is 2.65. The summed E-state index contributed by atoms with van der Waals surface area (Å²) in [6.07, 6.45) is 8.33. The maximum atomic E-state index is 14.9. The number of sulfonamides is 1. The molecule has 1 fully saturated rings. The molecule has 0 bridgehead atoms. The minimum absolute atomic E-state index is 0.0180. The van der Waals surface area contributed by atoms with Gasteiger partial charge >= 0.3 is 0 Å². The van der Waals surface area contributed by atoms with Gasteiger partial charge in [-0.2, -0.15) is 4.31 Å². The fraction of sp³-hybridized carbons (Fsp3) is 0.420. The van der Waals surface area contributed by atoms with Gasteiger partial charge in [-0.3, -0.25) is 9.78 Å². The molecule has 1 amide bonds. The molecular weight excluding hydrogens is 833 g/mol. The molecule has 4 aromatic rings. The Morgan fingerprint density at radius 3 is 2.44 bits per heavy atom. The van der Waals surface area contributed by atoms with Gasteiger partial charge < -0.3 is 34.6 Å². The van der Waals surface area contributed by atoms with E-state index in [2.05, 4.69) is 23.0 Å². The van der Waals surface area contributed by atoms with Crippen LogP contribution in [0.25, 0.3) is 0 Å². The third-order valence-corrected chi connectivity index (χ3v) is 14.4. The first-order chi connectivity index (χ1) is 31.0. The number of amides is 1. The van der Waals surface area contributed by atoms with Gasteiger partial charge in [-0.1, -0.05) is 66.5 Å². The van der Waals surface area contributed by atoms with Crippen LogP contribution in [0.15, 0.2) is 125 Å². The Morgan fingerprint density at radius 2 is 1.73 bits per heavy atom. The maximum absolute atomic E-state index is 14.9. The van der Waals surface area contributed by atoms with Crippen molar-refractivity contribution in [3.05, 3.63) is 138 Å². The Labute approximate surface area is 376 Å². The van der Waals surface area contributed by atoms with Crippen molar-refractivity contribution >= 4 is 27.3 Å². The molecule has 6 unspecified atom stereocenters. The fourth-order valence-corrected chi connectivity index (χ4v) is 11.0.